The largest absolute Gasteiger partial charge is 0.0499 e. The summed E-state index contributed by atoms with van der Waals surface area (Å²) in [5.74, 6) is 27.6. The molecule has 0 aromatic carbocycles. The Labute approximate surface area is 295 Å². The van der Waals surface area contributed by atoms with Crippen LogP contribution in [0.4, 0.5) is 0 Å². The molecule has 0 aromatic rings. The summed E-state index contributed by atoms with van der Waals surface area (Å²) >= 11 is 0. The van der Waals surface area contributed by atoms with Crippen LogP contribution in [0, 0.1) is 142 Å². The fourth-order valence-electron chi connectivity index (χ4n) is 21.5. The van der Waals surface area contributed by atoms with Gasteiger partial charge < -0.3 is 0 Å². The van der Waals surface area contributed by atoms with Gasteiger partial charge in [0.2, 0.25) is 0 Å². The van der Waals surface area contributed by atoms with Gasteiger partial charge in [0.15, 0.2) is 0 Å². The molecule has 0 spiro atoms. The molecule has 13 rings (SSSR count). The normalized spacial score (nSPS) is 66.0. The smallest absolute Gasteiger partial charge is 0.0352 e. The number of hydrogen-bond acceptors (Lipinski definition) is 0. The summed E-state index contributed by atoms with van der Waals surface area (Å²) in [5, 5.41) is 0. The molecule has 0 aliphatic heterocycles. The fourth-order valence-corrected chi connectivity index (χ4v) is 21.5. The Hall–Kier alpha value is 0. The van der Waals surface area contributed by atoms with Crippen LogP contribution in [-0.4, -0.2) is 0 Å². The molecular weight excluding hydrogens is 577 g/mol. The summed E-state index contributed by atoms with van der Waals surface area (Å²) in [6.07, 6.45) is 40.4. The number of rotatable bonds is 0. The molecule has 24 unspecified atom stereocenters. The maximum Gasteiger partial charge on any atom is -0.0352 e. The van der Waals surface area contributed by atoms with Gasteiger partial charge in [-0.1, -0.05) is 0 Å². The van der Waals surface area contributed by atoms with Crippen LogP contribution in [0.3, 0.4) is 0 Å². The molecule has 12 bridgehead atoms. The van der Waals surface area contributed by atoms with Crippen LogP contribution in [0.2, 0.25) is 0 Å². The van der Waals surface area contributed by atoms with Crippen molar-refractivity contribution in [1.29, 1.82) is 0 Å². The molecule has 13 saturated carbocycles. The minimum absolute atomic E-state index is 1.14. The van der Waals surface area contributed by atoms with Crippen LogP contribution >= 0.6 is 0 Å². The molecular formula is C48H72. The topological polar surface area (TPSA) is 0 Å². The zero-order valence-electron chi connectivity index (χ0n) is 30.8. The van der Waals surface area contributed by atoms with Gasteiger partial charge in [0.25, 0.3) is 0 Å². The molecule has 0 heteroatoms. The van der Waals surface area contributed by atoms with Gasteiger partial charge in [-0.25, -0.2) is 0 Å². The van der Waals surface area contributed by atoms with E-state index < -0.39 is 0 Å². The summed E-state index contributed by atoms with van der Waals surface area (Å²) in [7, 11) is 0. The van der Waals surface area contributed by atoms with Crippen molar-refractivity contribution in [3.05, 3.63) is 0 Å². The van der Waals surface area contributed by atoms with Gasteiger partial charge in [0.05, 0.1) is 0 Å². The third-order valence-electron chi connectivity index (χ3n) is 22.9. The van der Waals surface area contributed by atoms with E-state index in [0.29, 0.717) is 0 Å². The van der Waals surface area contributed by atoms with Gasteiger partial charge in [-0.15, -0.1) is 0 Å². The van der Waals surface area contributed by atoms with Crippen molar-refractivity contribution < 1.29 is 0 Å². The van der Waals surface area contributed by atoms with E-state index in [-0.39, 0.29) is 0 Å². The third kappa shape index (κ3) is 4.14. The molecule has 0 nitrogen and oxygen atoms in total. The minimum Gasteiger partial charge on any atom is -0.0499 e. The highest BCUT2D eigenvalue weighted by molar-refractivity contribution is 5.10. The Morgan fingerprint density at radius 3 is 0.333 bits per heavy atom. The van der Waals surface area contributed by atoms with E-state index in [2.05, 4.69) is 0 Å². The van der Waals surface area contributed by atoms with Crippen molar-refractivity contribution in [2.75, 3.05) is 0 Å². The van der Waals surface area contributed by atoms with E-state index in [1.165, 1.54) is 0 Å². The first-order valence-corrected chi connectivity index (χ1v) is 23.7. The minimum atomic E-state index is 1.14. The third-order valence-corrected chi connectivity index (χ3v) is 22.9. The van der Waals surface area contributed by atoms with Crippen molar-refractivity contribution in [3.63, 3.8) is 0 Å². The highest BCUT2D eigenvalue weighted by Crippen LogP contribution is 2.69. The lowest BCUT2D eigenvalue weighted by Gasteiger charge is -2.64. The van der Waals surface area contributed by atoms with Crippen molar-refractivity contribution in [3.8, 4) is 0 Å². The lowest BCUT2D eigenvalue weighted by Crippen LogP contribution is -2.55. The van der Waals surface area contributed by atoms with E-state index in [1.54, 1.807) is 154 Å². The average molecular weight is 649 g/mol. The van der Waals surface area contributed by atoms with Gasteiger partial charge in [-0.05, 0) is 296 Å². The van der Waals surface area contributed by atoms with Gasteiger partial charge in [0.1, 0.15) is 0 Å². The van der Waals surface area contributed by atoms with E-state index in [4.69, 9.17) is 0 Å². The van der Waals surface area contributed by atoms with Crippen LogP contribution in [0.5, 0.6) is 0 Å². The second-order valence-electron chi connectivity index (χ2n) is 23.4. The second kappa shape index (κ2) is 10.8. The molecule has 264 valence electrons. The van der Waals surface area contributed by atoms with E-state index >= 15 is 0 Å². The van der Waals surface area contributed by atoms with Crippen molar-refractivity contribution in [2.24, 2.45) is 142 Å². The van der Waals surface area contributed by atoms with Crippen molar-refractivity contribution in [2.45, 2.75) is 154 Å². The first kappa shape index (κ1) is 29.5. The summed E-state index contributed by atoms with van der Waals surface area (Å²) in [5.41, 5.74) is 0. The van der Waals surface area contributed by atoms with Gasteiger partial charge in [-0.3, -0.25) is 0 Å². The van der Waals surface area contributed by atoms with Crippen LogP contribution in [0.25, 0.3) is 0 Å². The molecule has 48 heavy (non-hydrogen) atoms. The molecule has 0 radical (unpaired) electrons. The Morgan fingerprint density at radius 2 is 0.229 bits per heavy atom. The molecule has 0 heterocycles. The lowest BCUT2D eigenvalue weighted by molar-refractivity contribution is -0.143. The maximum atomic E-state index is 1.73. The Morgan fingerprint density at radius 1 is 0.125 bits per heavy atom. The monoisotopic (exact) mass is 649 g/mol. The van der Waals surface area contributed by atoms with Crippen molar-refractivity contribution in [1.82, 2.24) is 0 Å². The first-order chi connectivity index (χ1) is 23.7. The summed E-state index contributed by atoms with van der Waals surface area (Å²) in [6, 6.07) is 0. The van der Waals surface area contributed by atoms with E-state index in [9.17, 15) is 0 Å². The van der Waals surface area contributed by atoms with Crippen molar-refractivity contribution >= 4 is 0 Å². The number of hydrogen-bond donors (Lipinski definition) is 0. The fraction of sp³-hybridized carbons (Fsp3) is 1.00. The molecule has 13 fully saturated rings. The average Bonchev–Trinajstić information content (AvgIpc) is 3.13. The SMILES string of the molecule is C1CC2CC3CCC4CC5CCC6CC7CCC8CC9CCC%10CC%11CCC%12CC1C1CC%12C%11CC%10C9CC8C7CC6C5CC4C3CC21. The van der Waals surface area contributed by atoms with Crippen LogP contribution < -0.4 is 0 Å². The second-order valence-corrected chi connectivity index (χ2v) is 23.4. The van der Waals surface area contributed by atoms with E-state index in [0.717, 1.165) is 142 Å². The molecule has 13 aliphatic carbocycles. The lowest BCUT2D eigenvalue weighted by atomic mass is 9.41. The Balaban J connectivity index is 0.907. The molecule has 0 N–H and O–H groups in total. The molecule has 0 aromatic heterocycles. The highest BCUT2D eigenvalue weighted by atomic mass is 14.7. The molecule has 13 aliphatic rings. The summed E-state index contributed by atoms with van der Waals surface area (Å²) < 4.78 is 0. The van der Waals surface area contributed by atoms with E-state index in [1.807, 2.05) is 0 Å². The predicted octanol–water partition coefficient (Wildman–Crippen LogP) is 12.3. The quantitative estimate of drug-likeness (QED) is 0.245. The van der Waals surface area contributed by atoms with Gasteiger partial charge in [-0.2, -0.15) is 0 Å². The Kier molecular flexibility index (Phi) is 6.62. The van der Waals surface area contributed by atoms with Crippen LogP contribution in [0.1, 0.15) is 154 Å². The molecule has 0 amide bonds. The highest BCUT2D eigenvalue weighted by Gasteiger charge is 2.60. The van der Waals surface area contributed by atoms with Gasteiger partial charge >= 0.3 is 0 Å². The summed E-state index contributed by atoms with van der Waals surface area (Å²) in [4.78, 5) is 0. The standard InChI is InChI=1S/C48H72/c1-2-26-14-28-5-6-30-16-32-9-10-34-18-36-12-11-35-17-33-8-7-31-15-29-4-3-27-13-25(1)37-19-39(27)41(29)21-43(31)45(33)23-47(35)48(36)24-46(34)44(32)22-42(30)40(28)20-38(26)37/h25-48H,1-24H2. The summed E-state index contributed by atoms with van der Waals surface area (Å²) in [6.45, 7) is 0. The molecule has 24 atom stereocenters. The maximum absolute atomic E-state index is 1.73. The zero-order valence-corrected chi connectivity index (χ0v) is 30.8. The van der Waals surface area contributed by atoms with Crippen LogP contribution in [-0.2, 0) is 0 Å². The zero-order chi connectivity index (χ0) is 30.8. The first-order valence-electron chi connectivity index (χ1n) is 23.7. The predicted molar refractivity (Wildman–Crippen MR) is 195 cm³/mol. The van der Waals surface area contributed by atoms with Crippen LogP contribution in [0.15, 0.2) is 0 Å². The Bertz CT molecular complexity index is 932. The van der Waals surface area contributed by atoms with Gasteiger partial charge in [0, 0.05) is 0 Å². The molecule has 0 saturated heterocycles.